The van der Waals surface area contributed by atoms with Crippen LogP contribution in [0.15, 0.2) is 24.4 Å². The topological polar surface area (TPSA) is 64.1 Å². The molecule has 5 heteroatoms. The Kier molecular flexibility index (Phi) is 2.28. The molecule has 0 spiro atoms. The van der Waals surface area contributed by atoms with Crippen molar-refractivity contribution in [2.24, 2.45) is 7.05 Å². The molecule has 0 unspecified atom stereocenters. The minimum atomic E-state index is 0.0582. The molecule has 15 heavy (non-hydrogen) atoms. The molecule has 0 amide bonds. The van der Waals surface area contributed by atoms with Gasteiger partial charge in [0.25, 0.3) is 0 Å². The second-order valence-electron chi connectivity index (χ2n) is 3.23. The van der Waals surface area contributed by atoms with E-state index in [0.29, 0.717) is 10.8 Å². The molecule has 4 nitrogen and oxygen atoms in total. The Morgan fingerprint density at radius 2 is 2.20 bits per heavy atom. The second kappa shape index (κ2) is 3.47. The van der Waals surface area contributed by atoms with Crippen molar-refractivity contribution in [1.29, 1.82) is 0 Å². The number of aryl methyl sites for hydroxylation is 1. The Morgan fingerprint density at radius 3 is 2.73 bits per heavy atom. The van der Waals surface area contributed by atoms with Crippen molar-refractivity contribution in [3.8, 4) is 16.9 Å². The van der Waals surface area contributed by atoms with E-state index in [-0.39, 0.29) is 5.75 Å². The summed E-state index contributed by atoms with van der Waals surface area (Å²) in [5.74, 6) is 0.625. The molecular weight excluding hydrogens is 214 g/mol. The maximum Gasteiger partial charge on any atom is 0.134 e. The minimum absolute atomic E-state index is 0.0582. The highest BCUT2D eigenvalue weighted by Gasteiger charge is 2.08. The van der Waals surface area contributed by atoms with Gasteiger partial charge in [0.15, 0.2) is 0 Å². The van der Waals surface area contributed by atoms with Gasteiger partial charge >= 0.3 is 0 Å². The average molecular weight is 224 g/mol. The van der Waals surface area contributed by atoms with Crippen molar-refractivity contribution < 1.29 is 5.11 Å². The quantitative estimate of drug-likeness (QED) is 0.778. The number of phenols is 1. The van der Waals surface area contributed by atoms with Gasteiger partial charge in [-0.1, -0.05) is 17.7 Å². The molecule has 0 fully saturated rings. The standard InChI is InChI=1S/C10H10ClN3O/c1-14-10(12)7(5-13-14)6-2-3-9(15)8(11)4-6/h2-5,15H,12H2,1H3. The number of aromatic nitrogens is 2. The Hall–Kier alpha value is -1.68. The van der Waals surface area contributed by atoms with Crippen molar-refractivity contribution in [1.82, 2.24) is 9.78 Å². The highest BCUT2D eigenvalue weighted by Crippen LogP contribution is 2.31. The molecule has 3 N–H and O–H groups in total. The summed E-state index contributed by atoms with van der Waals surface area (Å²) in [6.45, 7) is 0. The maximum atomic E-state index is 9.28. The molecule has 0 aliphatic rings. The van der Waals surface area contributed by atoms with E-state index < -0.39 is 0 Å². The summed E-state index contributed by atoms with van der Waals surface area (Å²) in [6.07, 6.45) is 1.66. The van der Waals surface area contributed by atoms with Crippen molar-refractivity contribution in [2.75, 3.05) is 5.73 Å². The van der Waals surface area contributed by atoms with Gasteiger partial charge in [-0.2, -0.15) is 5.10 Å². The van der Waals surface area contributed by atoms with Gasteiger partial charge in [0.1, 0.15) is 11.6 Å². The summed E-state index contributed by atoms with van der Waals surface area (Å²) >= 11 is 5.80. The summed E-state index contributed by atoms with van der Waals surface area (Å²) in [6, 6.07) is 4.93. The van der Waals surface area contributed by atoms with Crippen LogP contribution in [0.25, 0.3) is 11.1 Å². The number of anilines is 1. The fraction of sp³-hybridized carbons (Fsp3) is 0.100. The molecule has 0 saturated carbocycles. The van der Waals surface area contributed by atoms with E-state index in [1.807, 2.05) is 0 Å². The van der Waals surface area contributed by atoms with E-state index in [1.165, 1.54) is 6.07 Å². The number of phenolic OH excluding ortho intramolecular Hbond substituents is 1. The number of aromatic hydroxyl groups is 1. The van der Waals surface area contributed by atoms with Gasteiger partial charge in [-0.05, 0) is 17.7 Å². The second-order valence-corrected chi connectivity index (χ2v) is 3.64. The first-order valence-corrected chi connectivity index (χ1v) is 4.73. The van der Waals surface area contributed by atoms with Gasteiger partial charge in [-0.15, -0.1) is 0 Å². The zero-order valence-corrected chi connectivity index (χ0v) is 8.86. The number of hydrogen-bond donors (Lipinski definition) is 2. The van der Waals surface area contributed by atoms with Crippen LogP contribution in [-0.2, 0) is 7.05 Å². The predicted octanol–water partition coefficient (Wildman–Crippen LogP) is 2.03. The van der Waals surface area contributed by atoms with Gasteiger partial charge in [0.2, 0.25) is 0 Å². The monoisotopic (exact) mass is 223 g/mol. The van der Waals surface area contributed by atoms with Crippen LogP contribution in [-0.4, -0.2) is 14.9 Å². The molecule has 1 aromatic carbocycles. The SMILES string of the molecule is Cn1ncc(-c2ccc(O)c(Cl)c2)c1N. The number of hydrogen-bond acceptors (Lipinski definition) is 3. The maximum absolute atomic E-state index is 9.28. The molecule has 1 heterocycles. The summed E-state index contributed by atoms with van der Waals surface area (Å²) in [4.78, 5) is 0. The number of nitrogen functional groups attached to an aromatic ring is 1. The Balaban J connectivity index is 2.55. The van der Waals surface area contributed by atoms with Crippen LogP contribution in [0.1, 0.15) is 0 Å². The zero-order valence-electron chi connectivity index (χ0n) is 8.11. The largest absolute Gasteiger partial charge is 0.506 e. The molecule has 0 atom stereocenters. The summed E-state index contributed by atoms with van der Waals surface area (Å²) in [5.41, 5.74) is 7.46. The van der Waals surface area contributed by atoms with Crippen LogP contribution in [0.2, 0.25) is 5.02 Å². The van der Waals surface area contributed by atoms with E-state index in [4.69, 9.17) is 17.3 Å². The van der Waals surface area contributed by atoms with Crippen molar-refractivity contribution >= 4 is 17.4 Å². The lowest BCUT2D eigenvalue weighted by Gasteiger charge is -2.02. The van der Waals surface area contributed by atoms with E-state index in [9.17, 15) is 5.11 Å². The summed E-state index contributed by atoms with van der Waals surface area (Å²) in [5, 5.41) is 13.6. The zero-order chi connectivity index (χ0) is 11.0. The van der Waals surface area contributed by atoms with Crippen LogP contribution >= 0.6 is 11.6 Å². The normalized spacial score (nSPS) is 10.5. The molecule has 0 saturated heterocycles. The molecule has 0 aliphatic heterocycles. The Bertz CT molecular complexity index is 507. The molecule has 78 valence electrons. The van der Waals surface area contributed by atoms with Gasteiger partial charge in [-0.3, -0.25) is 4.68 Å². The fourth-order valence-electron chi connectivity index (χ4n) is 1.34. The van der Waals surface area contributed by atoms with Crippen LogP contribution < -0.4 is 5.73 Å². The fourth-order valence-corrected chi connectivity index (χ4v) is 1.52. The van der Waals surface area contributed by atoms with Crippen LogP contribution in [0.5, 0.6) is 5.75 Å². The average Bonchev–Trinajstić information content (AvgIpc) is 2.53. The first kappa shape index (κ1) is 9.86. The third-order valence-electron chi connectivity index (χ3n) is 2.24. The lowest BCUT2D eigenvalue weighted by Crippen LogP contribution is -1.97. The van der Waals surface area contributed by atoms with Crippen molar-refractivity contribution in [3.05, 3.63) is 29.4 Å². The Labute approximate surface area is 91.9 Å². The molecule has 0 radical (unpaired) electrons. The van der Waals surface area contributed by atoms with Crippen LogP contribution in [0, 0.1) is 0 Å². The lowest BCUT2D eigenvalue weighted by atomic mass is 10.1. The summed E-state index contributed by atoms with van der Waals surface area (Å²) in [7, 11) is 1.76. The molecular formula is C10H10ClN3O. The van der Waals surface area contributed by atoms with E-state index in [2.05, 4.69) is 5.10 Å². The number of rotatable bonds is 1. The van der Waals surface area contributed by atoms with E-state index in [0.717, 1.165) is 11.1 Å². The third kappa shape index (κ3) is 1.64. The molecule has 2 rings (SSSR count). The number of nitrogens with zero attached hydrogens (tertiary/aromatic N) is 2. The van der Waals surface area contributed by atoms with Gasteiger partial charge in [0.05, 0.1) is 11.2 Å². The Morgan fingerprint density at radius 1 is 1.47 bits per heavy atom. The lowest BCUT2D eigenvalue weighted by molar-refractivity contribution is 0.475. The smallest absolute Gasteiger partial charge is 0.134 e. The first-order valence-electron chi connectivity index (χ1n) is 4.36. The van der Waals surface area contributed by atoms with Gasteiger partial charge in [0, 0.05) is 12.6 Å². The molecule has 2 aromatic rings. The molecule has 1 aromatic heterocycles. The minimum Gasteiger partial charge on any atom is -0.506 e. The number of halogens is 1. The van der Waals surface area contributed by atoms with Gasteiger partial charge in [-0.25, -0.2) is 0 Å². The number of nitrogens with two attached hydrogens (primary N) is 1. The van der Waals surface area contributed by atoms with Gasteiger partial charge < -0.3 is 10.8 Å². The molecule has 0 bridgehead atoms. The van der Waals surface area contributed by atoms with Crippen molar-refractivity contribution in [3.63, 3.8) is 0 Å². The van der Waals surface area contributed by atoms with Crippen LogP contribution in [0.3, 0.4) is 0 Å². The van der Waals surface area contributed by atoms with E-state index in [1.54, 1.807) is 30.1 Å². The van der Waals surface area contributed by atoms with Crippen molar-refractivity contribution in [2.45, 2.75) is 0 Å². The highest BCUT2D eigenvalue weighted by molar-refractivity contribution is 6.32. The highest BCUT2D eigenvalue weighted by atomic mass is 35.5. The summed E-state index contributed by atoms with van der Waals surface area (Å²) < 4.78 is 1.58. The van der Waals surface area contributed by atoms with Crippen LogP contribution in [0.4, 0.5) is 5.82 Å². The number of benzene rings is 1. The predicted molar refractivity (Wildman–Crippen MR) is 59.7 cm³/mol. The molecule has 0 aliphatic carbocycles. The van der Waals surface area contributed by atoms with E-state index >= 15 is 0 Å². The third-order valence-corrected chi connectivity index (χ3v) is 2.55. The first-order chi connectivity index (χ1) is 7.09.